The summed E-state index contributed by atoms with van der Waals surface area (Å²) in [7, 11) is 2.07. The van der Waals surface area contributed by atoms with Gasteiger partial charge in [-0.05, 0) is 58.5 Å². The molecule has 2 aliphatic rings. The van der Waals surface area contributed by atoms with Crippen LogP contribution in [0, 0.1) is 5.41 Å². The van der Waals surface area contributed by atoms with Gasteiger partial charge >= 0.3 is 0 Å². The van der Waals surface area contributed by atoms with Crippen LogP contribution in [0.15, 0.2) is 0 Å². The van der Waals surface area contributed by atoms with Gasteiger partial charge < -0.3 is 5.32 Å². The largest absolute Gasteiger partial charge is 0.353 e. The molecule has 1 unspecified atom stereocenters. The fourth-order valence-electron chi connectivity index (χ4n) is 2.54. The van der Waals surface area contributed by atoms with E-state index in [2.05, 4.69) is 17.3 Å². The zero-order chi connectivity index (χ0) is 11.1. The van der Waals surface area contributed by atoms with Crippen molar-refractivity contribution < 1.29 is 4.79 Å². The molecule has 0 aromatic heterocycles. The van der Waals surface area contributed by atoms with E-state index in [4.69, 9.17) is 0 Å². The van der Waals surface area contributed by atoms with Crippen LogP contribution < -0.4 is 5.32 Å². The smallest absolute Gasteiger partial charge is 0.237 e. The predicted octanol–water partition coefficient (Wildman–Crippen LogP) is 1.39. The van der Waals surface area contributed by atoms with Gasteiger partial charge in [0.05, 0.1) is 6.04 Å². The SMILES string of the molecule is CC(C)NC(=O)C1CC2(CCN1C)CC2. The lowest BCUT2D eigenvalue weighted by molar-refractivity contribution is -0.128. The van der Waals surface area contributed by atoms with Crippen molar-refractivity contribution in [3.05, 3.63) is 0 Å². The monoisotopic (exact) mass is 210 g/mol. The maximum atomic E-state index is 12.0. The van der Waals surface area contributed by atoms with E-state index < -0.39 is 0 Å². The minimum absolute atomic E-state index is 0.114. The second kappa shape index (κ2) is 3.78. The van der Waals surface area contributed by atoms with E-state index in [1.54, 1.807) is 0 Å². The van der Waals surface area contributed by atoms with Gasteiger partial charge in [0.2, 0.25) is 5.91 Å². The molecular weight excluding hydrogens is 188 g/mol. The molecule has 0 aromatic rings. The highest BCUT2D eigenvalue weighted by atomic mass is 16.2. The fourth-order valence-corrected chi connectivity index (χ4v) is 2.54. The van der Waals surface area contributed by atoms with Crippen molar-refractivity contribution in [2.45, 2.75) is 51.6 Å². The Bertz CT molecular complexity index is 258. The standard InChI is InChI=1S/C12H22N2O/c1-9(2)13-11(15)10-8-12(4-5-12)6-7-14(10)3/h9-10H,4-8H2,1-3H3,(H,13,15). The van der Waals surface area contributed by atoms with E-state index in [1.807, 2.05) is 13.8 Å². The quantitative estimate of drug-likeness (QED) is 0.747. The zero-order valence-corrected chi connectivity index (χ0v) is 10.0. The van der Waals surface area contributed by atoms with Crippen molar-refractivity contribution in [1.29, 1.82) is 0 Å². The number of amides is 1. The Hall–Kier alpha value is -0.570. The summed E-state index contributed by atoms with van der Waals surface area (Å²) in [5.41, 5.74) is 0.547. The zero-order valence-electron chi connectivity index (χ0n) is 10.0. The van der Waals surface area contributed by atoms with Crippen LogP contribution >= 0.6 is 0 Å². The third-order valence-corrected chi connectivity index (χ3v) is 3.84. The number of carbonyl (C=O) groups is 1. The lowest BCUT2D eigenvalue weighted by atomic mass is 9.88. The lowest BCUT2D eigenvalue weighted by Crippen LogP contribution is -2.51. The van der Waals surface area contributed by atoms with E-state index in [0.29, 0.717) is 5.41 Å². The molecule has 15 heavy (non-hydrogen) atoms. The number of nitrogens with zero attached hydrogens (tertiary/aromatic N) is 1. The molecule has 86 valence electrons. The number of likely N-dealkylation sites (tertiary alicyclic amines) is 1. The first kappa shape index (κ1) is 10.9. The summed E-state index contributed by atoms with van der Waals surface area (Å²) in [6.07, 6.45) is 5.04. The van der Waals surface area contributed by atoms with Gasteiger partial charge in [0, 0.05) is 6.04 Å². The number of piperidine rings is 1. The maximum absolute atomic E-state index is 12.0. The second-order valence-electron chi connectivity index (χ2n) is 5.61. The van der Waals surface area contributed by atoms with Crippen LogP contribution in [0.1, 0.15) is 39.5 Å². The molecule has 1 aliphatic heterocycles. The van der Waals surface area contributed by atoms with Crippen molar-refractivity contribution in [2.24, 2.45) is 5.41 Å². The molecule has 1 saturated heterocycles. The number of hydrogen-bond donors (Lipinski definition) is 1. The summed E-state index contributed by atoms with van der Waals surface area (Å²) >= 11 is 0. The van der Waals surface area contributed by atoms with E-state index in [0.717, 1.165) is 13.0 Å². The van der Waals surface area contributed by atoms with Gasteiger partial charge in [-0.1, -0.05) is 0 Å². The number of nitrogens with one attached hydrogen (secondary N) is 1. The summed E-state index contributed by atoms with van der Waals surface area (Å²) in [5, 5.41) is 3.03. The van der Waals surface area contributed by atoms with Gasteiger partial charge in [-0.15, -0.1) is 0 Å². The van der Waals surface area contributed by atoms with Crippen LogP contribution in [0.4, 0.5) is 0 Å². The Morgan fingerprint density at radius 3 is 2.60 bits per heavy atom. The maximum Gasteiger partial charge on any atom is 0.237 e. The van der Waals surface area contributed by atoms with Crippen molar-refractivity contribution in [2.75, 3.05) is 13.6 Å². The molecule has 2 rings (SSSR count). The van der Waals surface area contributed by atoms with Crippen LogP contribution in [-0.2, 0) is 4.79 Å². The summed E-state index contributed by atoms with van der Waals surface area (Å²) in [6, 6.07) is 0.367. The molecule has 3 nitrogen and oxygen atoms in total. The average molecular weight is 210 g/mol. The Labute approximate surface area is 92.2 Å². The molecule has 3 heteroatoms. The summed E-state index contributed by atoms with van der Waals surface area (Å²) in [5.74, 6) is 0.221. The number of carbonyl (C=O) groups excluding carboxylic acids is 1. The minimum Gasteiger partial charge on any atom is -0.353 e. The molecule has 1 amide bonds. The Morgan fingerprint density at radius 1 is 1.40 bits per heavy atom. The molecule has 1 N–H and O–H groups in total. The number of rotatable bonds is 2. The van der Waals surface area contributed by atoms with Crippen LogP contribution in [0.5, 0.6) is 0 Å². The highest BCUT2D eigenvalue weighted by Gasteiger charge is 2.48. The summed E-state index contributed by atoms with van der Waals surface area (Å²) in [6.45, 7) is 5.12. The first-order chi connectivity index (χ1) is 7.02. The van der Waals surface area contributed by atoms with Gasteiger partial charge in [0.15, 0.2) is 0 Å². The van der Waals surface area contributed by atoms with Crippen LogP contribution in [0.2, 0.25) is 0 Å². The van der Waals surface area contributed by atoms with Gasteiger partial charge in [-0.25, -0.2) is 0 Å². The second-order valence-corrected chi connectivity index (χ2v) is 5.61. The molecule has 0 aromatic carbocycles. The van der Waals surface area contributed by atoms with Crippen molar-refractivity contribution >= 4 is 5.91 Å². The number of likely N-dealkylation sites (N-methyl/N-ethyl adjacent to an activating group) is 1. The average Bonchev–Trinajstić information content (AvgIpc) is 2.89. The third kappa shape index (κ3) is 2.33. The van der Waals surface area contributed by atoms with Crippen LogP contribution in [-0.4, -0.2) is 36.5 Å². The van der Waals surface area contributed by atoms with Crippen LogP contribution in [0.25, 0.3) is 0 Å². The van der Waals surface area contributed by atoms with Crippen molar-refractivity contribution in [3.8, 4) is 0 Å². The normalized spacial score (nSPS) is 29.5. The molecule has 2 fully saturated rings. The summed E-state index contributed by atoms with van der Waals surface area (Å²) in [4.78, 5) is 14.2. The molecule has 1 saturated carbocycles. The first-order valence-electron chi connectivity index (χ1n) is 6.03. The highest BCUT2D eigenvalue weighted by molar-refractivity contribution is 5.82. The van der Waals surface area contributed by atoms with E-state index >= 15 is 0 Å². The predicted molar refractivity (Wildman–Crippen MR) is 60.6 cm³/mol. The molecule has 1 heterocycles. The van der Waals surface area contributed by atoms with Gasteiger partial charge in [-0.3, -0.25) is 9.69 Å². The van der Waals surface area contributed by atoms with E-state index in [-0.39, 0.29) is 18.0 Å². The number of hydrogen-bond acceptors (Lipinski definition) is 2. The Kier molecular flexibility index (Phi) is 2.75. The first-order valence-corrected chi connectivity index (χ1v) is 6.03. The molecule has 1 atom stereocenters. The van der Waals surface area contributed by atoms with Crippen molar-refractivity contribution in [3.63, 3.8) is 0 Å². The van der Waals surface area contributed by atoms with E-state index in [9.17, 15) is 4.79 Å². The highest BCUT2D eigenvalue weighted by Crippen LogP contribution is 2.54. The van der Waals surface area contributed by atoms with Crippen LogP contribution in [0.3, 0.4) is 0 Å². The molecule has 0 radical (unpaired) electrons. The van der Waals surface area contributed by atoms with Crippen molar-refractivity contribution in [1.82, 2.24) is 10.2 Å². The Morgan fingerprint density at radius 2 is 2.07 bits per heavy atom. The molecular formula is C12H22N2O. The molecule has 0 bridgehead atoms. The molecule has 1 aliphatic carbocycles. The minimum atomic E-state index is 0.114. The topological polar surface area (TPSA) is 32.3 Å². The van der Waals surface area contributed by atoms with Gasteiger partial charge in [0.25, 0.3) is 0 Å². The third-order valence-electron chi connectivity index (χ3n) is 3.84. The summed E-state index contributed by atoms with van der Waals surface area (Å²) < 4.78 is 0. The Balaban J connectivity index is 1.96. The van der Waals surface area contributed by atoms with Gasteiger partial charge in [0.1, 0.15) is 0 Å². The lowest BCUT2D eigenvalue weighted by Gasteiger charge is -2.36. The fraction of sp³-hybridized carbons (Fsp3) is 0.917. The van der Waals surface area contributed by atoms with Gasteiger partial charge in [-0.2, -0.15) is 0 Å². The van der Waals surface area contributed by atoms with E-state index in [1.165, 1.54) is 19.3 Å². The molecule has 1 spiro atoms.